The largest absolute Gasteiger partial charge is 0.337 e. The second-order valence-electron chi connectivity index (χ2n) is 9.27. The van der Waals surface area contributed by atoms with Crippen LogP contribution < -0.4 is 5.32 Å². The number of anilines is 1. The van der Waals surface area contributed by atoms with Crippen molar-refractivity contribution in [3.8, 4) is 0 Å². The van der Waals surface area contributed by atoms with Crippen LogP contribution in [-0.4, -0.2) is 47.3 Å². The minimum Gasteiger partial charge on any atom is -0.337 e. The molecule has 1 aliphatic carbocycles. The lowest BCUT2D eigenvalue weighted by Gasteiger charge is -2.41. The molecule has 2 aliphatic rings. The third-order valence-electron chi connectivity index (χ3n) is 6.94. The number of rotatable bonds is 5. The minimum absolute atomic E-state index is 0.125. The van der Waals surface area contributed by atoms with Gasteiger partial charge in [0.2, 0.25) is 5.91 Å². The molecule has 0 radical (unpaired) electrons. The Bertz CT molecular complexity index is 1040. The van der Waals surface area contributed by atoms with E-state index in [0.29, 0.717) is 35.3 Å². The van der Waals surface area contributed by atoms with Crippen molar-refractivity contribution in [1.29, 1.82) is 0 Å². The maximum Gasteiger partial charge on any atom is 0.257 e. The molecule has 33 heavy (non-hydrogen) atoms. The summed E-state index contributed by atoms with van der Waals surface area (Å²) in [5.74, 6) is -0.277. The van der Waals surface area contributed by atoms with Crippen molar-refractivity contribution in [2.45, 2.75) is 52.1 Å². The fourth-order valence-electron chi connectivity index (χ4n) is 5.02. The van der Waals surface area contributed by atoms with Gasteiger partial charge < -0.3 is 10.2 Å². The molecule has 4 rings (SSSR count). The summed E-state index contributed by atoms with van der Waals surface area (Å²) in [6.07, 6.45) is 4.33. The van der Waals surface area contributed by atoms with Crippen molar-refractivity contribution < 1.29 is 14.0 Å². The third-order valence-corrected chi connectivity index (χ3v) is 7.27. The molecule has 0 spiro atoms. The molecule has 2 amide bonds. The van der Waals surface area contributed by atoms with Gasteiger partial charge in [0, 0.05) is 43.8 Å². The number of carbonyl (C=O) groups is 2. The highest BCUT2D eigenvalue weighted by atomic mass is 35.5. The van der Waals surface area contributed by atoms with Crippen molar-refractivity contribution in [1.82, 2.24) is 9.80 Å². The van der Waals surface area contributed by atoms with Crippen LogP contribution in [0.3, 0.4) is 0 Å². The van der Waals surface area contributed by atoms with Gasteiger partial charge in [-0.1, -0.05) is 36.6 Å². The molecule has 2 fully saturated rings. The first-order valence-electron chi connectivity index (χ1n) is 11.7. The number of carbonyl (C=O) groups excluding carboxylic acids is 2. The lowest BCUT2D eigenvalue weighted by molar-refractivity contribution is -0.140. The SMILES string of the molecule is Cc1c(CN2CCN(C(=O)C3CCCC3)C(C)C2)cc(F)cc1NC(=O)c1ccccc1Cl. The summed E-state index contributed by atoms with van der Waals surface area (Å²) in [5, 5.41) is 3.16. The quantitative estimate of drug-likeness (QED) is 0.646. The molecule has 1 saturated heterocycles. The summed E-state index contributed by atoms with van der Waals surface area (Å²) < 4.78 is 14.5. The van der Waals surface area contributed by atoms with Crippen LogP contribution in [0.2, 0.25) is 5.02 Å². The maximum atomic E-state index is 14.5. The van der Waals surface area contributed by atoms with Crippen molar-refractivity contribution in [3.05, 3.63) is 63.9 Å². The highest BCUT2D eigenvalue weighted by Crippen LogP contribution is 2.29. The van der Waals surface area contributed by atoms with E-state index in [0.717, 1.165) is 49.9 Å². The first-order chi connectivity index (χ1) is 15.8. The number of benzene rings is 2. The predicted octanol–water partition coefficient (Wildman–Crippen LogP) is 5.26. The summed E-state index contributed by atoms with van der Waals surface area (Å²) >= 11 is 6.14. The van der Waals surface area contributed by atoms with E-state index in [9.17, 15) is 14.0 Å². The van der Waals surface area contributed by atoms with Crippen LogP contribution >= 0.6 is 11.6 Å². The van der Waals surface area contributed by atoms with Crippen molar-refractivity contribution in [2.75, 3.05) is 25.0 Å². The fraction of sp³-hybridized carbons (Fsp3) is 0.462. The average Bonchev–Trinajstić information content (AvgIpc) is 3.32. The molecule has 1 aliphatic heterocycles. The maximum absolute atomic E-state index is 14.5. The average molecular weight is 472 g/mol. The van der Waals surface area contributed by atoms with E-state index in [1.807, 2.05) is 11.8 Å². The lowest BCUT2D eigenvalue weighted by atomic mass is 10.0. The zero-order valence-corrected chi connectivity index (χ0v) is 20.0. The number of piperazine rings is 1. The van der Waals surface area contributed by atoms with E-state index >= 15 is 0 Å². The number of nitrogens with zero attached hydrogens (tertiary/aromatic N) is 2. The molecule has 2 aromatic rings. The van der Waals surface area contributed by atoms with Crippen LogP contribution in [0.25, 0.3) is 0 Å². The Hall–Kier alpha value is -2.44. The zero-order chi connectivity index (χ0) is 23.5. The molecular weight excluding hydrogens is 441 g/mol. The highest BCUT2D eigenvalue weighted by Gasteiger charge is 2.33. The molecule has 0 aromatic heterocycles. The van der Waals surface area contributed by atoms with Gasteiger partial charge in [0.15, 0.2) is 0 Å². The van der Waals surface area contributed by atoms with Gasteiger partial charge in [0.05, 0.1) is 10.6 Å². The number of nitrogens with one attached hydrogen (secondary N) is 1. The molecule has 5 nitrogen and oxygen atoms in total. The van der Waals surface area contributed by atoms with Crippen LogP contribution in [0.4, 0.5) is 10.1 Å². The first-order valence-corrected chi connectivity index (χ1v) is 12.1. The monoisotopic (exact) mass is 471 g/mol. The molecule has 1 unspecified atom stereocenters. The van der Waals surface area contributed by atoms with E-state index in [1.54, 1.807) is 24.3 Å². The third kappa shape index (κ3) is 5.39. The Balaban J connectivity index is 1.43. The number of halogens is 2. The molecule has 1 atom stereocenters. The van der Waals surface area contributed by atoms with Gasteiger partial charge in [0.1, 0.15) is 5.82 Å². The van der Waals surface area contributed by atoms with E-state index in [4.69, 9.17) is 11.6 Å². The van der Waals surface area contributed by atoms with E-state index in [1.165, 1.54) is 12.1 Å². The summed E-state index contributed by atoms with van der Waals surface area (Å²) in [6, 6.07) is 9.78. The smallest absolute Gasteiger partial charge is 0.257 e. The number of hydrogen-bond acceptors (Lipinski definition) is 3. The fourth-order valence-corrected chi connectivity index (χ4v) is 5.24. The molecule has 0 bridgehead atoms. The van der Waals surface area contributed by atoms with Crippen LogP contribution in [0.5, 0.6) is 0 Å². The molecule has 7 heteroatoms. The number of hydrogen-bond donors (Lipinski definition) is 1. The van der Waals surface area contributed by atoms with E-state index < -0.39 is 5.82 Å². The standard InChI is InChI=1S/C26H31ClFN3O2/c1-17-15-30(11-12-31(17)26(33)19-7-3-4-8-19)16-20-13-21(28)14-24(18(20)2)29-25(32)22-9-5-6-10-23(22)27/h5-6,9-10,13-14,17,19H,3-4,7-8,11-12,15-16H2,1-2H3,(H,29,32). The van der Waals surface area contributed by atoms with E-state index in [-0.39, 0.29) is 17.9 Å². The summed E-state index contributed by atoms with van der Waals surface area (Å²) in [5.41, 5.74) is 2.44. The Labute approximate surface area is 199 Å². The molecule has 1 saturated carbocycles. The molecule has 176 valence electrons. The van der Waals surface area contributed by atoms with Crippen LogP contribution in [0, 0.1) is 18.7 Å². The summed E-state index contributed by atoms with van der Waals surface area (Å²) in [4.78, 5) is 29.8. The molecular formula is C26H31ClFN3O2. The van der Waals surface area contributed by atoms with Gasteiger partial charge in [-0.05, 0) is 62.1 Å². The highest BCUT2D eigenvalue weighted by molar-refractivity contribution is 6.34. The van der Waals surface area contributed by atoms with Crippen LogP contribution in [0.15, 0.2) is 36.4 Å². The van der Waals surface area contributed by atoms with E-state index in [2.05, 4.69) is 17.1 Å². The predicted molar refractivity (Wildman–Crippen MR) is 129 cm³/mol. The topological polar surface area (TPSA) is 52.6 Å². The van der Waals surface area contributed by atoms with Crippen LogP contribution in [-0.2, 0) is 11.3 Å². The van der Waals surface area contributed by atoms with Gasteiger partial charge in [0.25, 0.3) is 5.91 Å². The summed E-state index contributed by atoms with van der Waals surface area (Å²) in [7, 11) is 0. The second-order valence-corrected chi connectivity index (χ2v) is 9.68. The molecule has 1 heterocycles. The van der Waals surface area contributed by atoms with Crippen molar-refractivity contribution in [2.24, 2.45) is 5.92 Å². The second kappa shape index (κ2) is 10.2. The Morgan fingerprint density at radius 3 is 2.58 bits per heavy atom. The van der Waals surface area contributed by atoms with Crippen molar-refractivity contribution in [3.63, 3.8) is 0 Å². The Morgan fingerprint density at radius 2 is 1.88 bits per heavy atom. The Kier molecular flexibility index (Phi) is 7.35. The van der Waals surface area contributed by atoms with Crippen LogP contribution in [0.1, 0.15) is 54.1 Å². The lowest BCUT2D eigenvalue weighted by Crippen LogP contribution is -2.54. The number of amides is 2. The first kappa shape index (κ1) is 23.7. The molecule has 2 aromatic carbocycles. The van der Waals surface area contributed by atoms with Gasteiger partial charge in [-0.2, -0.15) is 0 Å². The van der Waals surface area contributed by atoms with Gasteiger partial charge in [-0.3, -0.25) is 14.5 Å². The Morgan fingerprint density at radius 1 is 1.15 bits per heavy atom. The molecule has 1 N–H and O–H groups in total. The normalized spacial score (nSPS) is 19.6. The van der Waals surface area contributed by atoms with Crippen molar-refractivity contribution >= 4 is 29.1 Å². The van der Waals surface area contributed by atoms with Gasteiger partial charge in [-0.25, -0.2) is 4.39 Å². The van der Waals surface area contributed by atoms with Gasteiger partial charge >= 0.3 is 0 Å². The summed E-state index contributed by atoms with van der Waals surface area (Å²) in [6.45, 7) is 6.73. The minimum atomic E-state index is -0.395. The van der Waals surface area contributed by atoms with Gasteiger partial charge in [-0.15, -0.1) is 0 Å². The zero-order valence-electron chi connectivity index (χ0n) is 19.2.